The highest BCUT2D eigenvalue weighted by molar-refractivity contribution is 5.51. The van der Waals surface area contributed by atoms with Crippen LogP contribution in [0.3, 0.4) is 0 Å². The Morgan fingerprint density at radius 1 is 1.36 bits per heavy atom. The van der Waals surface area contributed by atoms with Gasteiger partial charge in [-0.25, -0.2) is 0 Å². The van der Waals surface area contributed by atoms with Crippen LogP contribution in [0.25, 0.3) is 0 Å². The number of rotatable bonds is 4. The molecule has 0 amide bonds. The van der Waals surface area contributed by atoms with Crippen molar-refractivity contribution in [2.45, 2.75) is 20.4 Å². The van der Waals surface area contributed by atoms with E-state index in [1.165, 1.54) is 16.7 Å². The summed E-state index contributed by atoms with van der Waals surface area (Å²) in [5.74, 6) is 0. The van der Waals surface area contributed by atoms with Gasteiger partial charge < -0.3 is 4.79 Å². The Labute approximate surface area is 85.5 Å². The van der Waals surface area contributed by atoms with E-state index in [-0.39, 0.29) is 0 Å². The molecular weight excluding hydrogens is 174 g/mol. The van der Waals surface area contributed by atoms with Crippen molar-refractivity contribution in [3.8, 4) is 0 Å². The van der Waals surface area contributed by atoms with E-state index in [0.717, 1.165) is 12.8 Å². The Bertz CT molecular complexity index is 320. The molecule has 0 aromatic heterocycles. The monoisotopic (exact) mass is 191 g/mol. The van der Waals surface area contributed by atoms with Crippen LogP contribution in [0.1, 0.15) is 16.7 Å². The first-order valence-electron chi connectivity index (χ1n) is 4.82. The average molecular weight is 191 g/mol. The van der Waals surface area contributed by atoms with Crippen LogP contribution in [0, 0.1) is 13.8 Å². The normalized spacial score (nSPS) is 10.6. The summed E-state index contributed by atoms with van der Waals surface area (Å²) in [6.45, 7) is 5.53. The van der Waals surface area contributed by atoms with Crippen LogP contribution in [-0.2, 0) is 11.3 Å². The second-order valence-corrected chi connectivity index (χ2v) is 3.79. The molecule has 76 valence electrons. The van der Waals surface area contributed by atoms with E-state index in [4.69, 9.17) is 0 Å². The molecule has 0 fully saturated rings. The Kier molecular flexibility index (Phi) is 3.84. The average Bonchev–Trinajstić information content (AvgIpc) is 2.10. The highest BCUT2D eigenvalue weighted by atomic mass is 16.1. The van der Waals surface area contributed by atoms with Gasteiger partial charge in [-0.3, -0.25) is 4.90 Å². The lowest BCUT2D eigenvalue weighted by Gasteiger charge is -2.15. The first-order chi connectivity index (χ1) is 6.63. The minimum Gasteiger partial charge on any atom is -0.302 e. The predicted molar refractivity (Wildman–Crippen MR) is 58.3 cm³/mol. The number of carbonyl (C=O) groups is 1. The molecule has 0 heterocycles. The van der Waals surface area contributed by atoms with Gasteiger partial charge in [0.1, 0.15) is 6.29 Å². The first-order valence-corrected chi connectivity index (χ1v) is 4.82. The van der Waals surface area contributed by atoms with Crippen LogP contribution >= 0.6 is 0 Å². The van der Waals surface area contributed by atoms with Gasteiger partial charge in [0.05, 0.1) is 6.54 Å². The molecule has 14 heavy (non-hydrogen) atoms. The fraction of sp³-hybridized carbons (Fsp3) is 0.417. The molecule has 0 bridgehead atoms. The Morgan fingerprint density at radius 2 is 2.07 bits per heavy atom. The van der Waals surface area contributed by atoms with E-state index in [1.807, 2.05) is 11.9 Å². The number of nitrogens with zero attached hydrogens (tertiary/aromatic N) is 1. The maximum Gasteiger partial charge on any atom is 0.133 e. The zero-order valence-electron chi connectivity index (χ0n) is 9.08. The molecular formula is C12H17NO. The van der Waals surface area contributed by atoms with Crippen LogP contribution in [0.2, 0.25) is 0 Å². The van der Waals surface area contributed by atoms with Crippen molar-refractivity contribution >= 4 is 6.29 Å². The maximum atomic E-state index is 10.3. The summed E-state index contributed by atoms with van der Waals surface area (Å²) in [5, 5.41) is 0. The lowest BCUT2D eigenvalue weighted by molar-refractivity contribution is -0.108. The molecule has 0 saturated heterocycles. The third-order valence-electron chi connectivity index (χ3n) is 2.32. The number of carbonyl (C=O) groups excluding carboxylic acids is 1. The molecule has 0 radical (unpaired) electrons. The summed E-state index contributed by atoms with van der Waals surface area (Å²) >= 11 is 0. The summed E-state index contributed by atoms with van der Waals surface area (Å²) in [4.78, 5) is 12.3. The summed E-state index contributed by atoms with van der Waals surface area (Å²) < 4.78 is 0. The van der Waals surface area contributed by atoms with Crippen LogP contribution < -0.4 is 0 Å². The van der Waals surface area contributed by atoms with Crippen LogP contribution in [0.4, 0.5) is 0 Å². The second kappa shape index (κ2) is 4.91. The molecule has 0 atom stereocenters. The molecule has 1 aromatic carbocycles. The van der Waals surface area contributed by atoms with Gasteiger partial charge in [-0.05, 0) is 32.0 Å². The zero-order valence-corrected chi connectivity index (χ0v) is 9.08. The van der Waals surface area contributed by atoms with Gasteiger partial charge in [0.25, 0.3) is 0 Å². The smallest absolute Gasteiger partial charge is 0.133 e. The van der Waals surface area contributed by atoms with Crippen LogP contribution in [0.5, 0.6) is 0 Å². The highest BCUT2D eigenvalue weighted by Crippen LogP contribution is 2.11. The molecule has 0 spiro atoms. The van der Waals surface area contributed by atoms with E-state index in [9.17, 15) is 4.79 Å². The van der Waals surface area contributed by atoms with Crippen LogP contribution in [0.15, 0.2) is 18.2 Å². The lowest BCUT2D eigenvalue weighted by Crippen LogP contribution is -2.20. The molecule has 1 rings (SSSR count). The standard InChI is InChI=1S/C12H17NO/c1-10-4-5-12(11(2)8-10)9-13(3)6-7-14/h4-5,7-8H,6,9H2,1-3H3. The van der Waals surface area contributed by atoms with Crippen LogP contribution in [-0.4, -0.2) is 24.8 Å². The number of hydrogen-bond acceptors (Lipinski definition) is 2. The van der Waals surface area contributed by atoms with Gasteiger partial charge in [-0.1, -0.05) is 23.8 Å². The number of aryl methyl sites for hydroxylation is 2. The van der Waals surface area contributed by atoms with Crippen molar-refractivity contribution in [2.75, 3.05) is 13.6 Å². The van der Waals surface area contributed by atoms with Crippen molar-refractivity contribution in [2.24, 2.45) is 0 Å². The van der Waals surface area contributed by atoms with Crippen molar-refractivity contribution in [3.63, 3.8) is 0 Å². The Hall–Kier alpha value is -1.15. The highest BCUT2D eigenvalue weighted by Gasteiger charge is 2.02. The van der Waals surface area contributed by atoms with E-state index in [0.29, 0.717) is 6.54 Å². The van der Waals surface area contributed by atoms with E-state index < -0.39 is 0 Å². The van der Waals surface area contributed by atoms with E-state index >= 15 is 0 Å². The van der Waals surface area contributed by atoms with Gasteiger partial charge in [0.15, 0.2) is 0 Å². The van der Waals surface area contributed by atoms with Gasteiger partial charge in [0, 0.05) is 6.54 Å². The quantitative estimate of drug-likeness (QED) is 0.678. The lowest BCUT2D eigenvalue weighted by atomic mass is 10.1. The SMILES string of the molecule is Cc1ccc(CN(C)CC=O)c(C)c1. The molecule has 2 heteroatoms. The van der Waals surface area contributed by atoms with Gasteiger partial charge >= 0.3 is 0 Å². The van der Waals surface area contributed by atoms with Gasteiger partial charge in [-0.2, -0.15) is 0 Å². The zero-order chi connectivity index (χ0) is 10.6. The first kappa shape index (κ1) is 10.9. The Morgan fingerprint density at radius 3 is 2.64 bits per heavy atom. The fourth-order valence-corrected chi connectivity index (χ4v) is 1.51. The van der Waals surface area contributed by atoms with Gasteiger partial charge in [0.2, 0.25) is 0 Å². The number of likely N-dealkylation sites (N-methyl/N-ethyl adjacent to an activating group) is 1. The maximum absolute atomic E-state index is 10.3. The molecule has 0 N–H and O–H groups in total. The largest absolute Gasteiger partial charge is 0.302 e. The predicted octanol–water partition coefficient (Wildman–Crippen LogP) is 1.93. The van der Waals surface area contributed by atoms with Crippen molar-refractivity contribution in [1.82, 2.24) is 4.90 Å². The topological polar surface area (TPSA) is 20.3 Å². The number of hydrogen-bond donors (Lipinski definition) is 0. The molecule has 0 unspecified atom stereocenters. The molecule has 0 aliphatic heterocycles. The van der Waals surface area contributed by atoms with E-state index in [1.54, 1.807) is 0 Å². The molecule has 2 nitrogen and oxygen atoms in total. The second-order valence-electron chi connectivity index (χ2n) is 3.79. The molecule has 0 aliphatic rings. The molecule has 0 saturated carbocycles. The number of benzene rings is 1. The summed E-state index contributed by atoms with van der Waals surface area (Å²) in [7, 11) is 1.95. The Balaban J connectivity index is 2.71. The summed E-state index contributed by atoms with van der Waals surface area (Å²) in [6, 6.07) is 6.41. The molecule has 1 aromatic rings. The minimum absolute atomic E-state index is 0.493. The summed E-state index contributed by atoms with van der Waals surface area (Å²) in [5.41, 5.74) is 3.87. The van der Waals surface area contributed by atoms with Gasteiger partial charge in [-0.15, -0.1) is 0 Å². The fourth-order valence-electron chi connectivity index (χ4n) is 1.51. The minimum atomic E-state index is 0.493. The molecule has 0 aliphatic carbocycles. The van der Waals surface area contributed by atoms with E-state index in [2.05, 4.69) is 32.0 Å². The number of aldehydes is 1. The third-order valence-corrected chi connectivity index (χ3v) is 2.32. The van der Waals surface area contributed by atoms with Crippen molar-refractivity contribution in [1.29, 1.82) is 0 Å². The van der Waals surface area contributed by atoms with Crippen molar-refractivity contribution in [3.05, 3.63) is 34.9 Å². The van der Waals surface area contributed by atoms with Crippen molar-refractivity contribution < 1.29 is 4.79 Å². The summed E-state index contributed by atoms with van der Waals surface area (Å²) in [6.07, 6.45) is 0.934. The third kappa shape index (κ3) is 2.96.